The minimum Gasteiger partial charge on any atom is -0.300 e. The zero-order valence-electron chi connectivity index (χ0n) is 13.6. The van der Waals surface area contributed by atoms with Crippen LogP contribution in [0.3, 0.4) is 0 Å². The van der Waals surface area contributed by atoms with Gasteiger partial charge < -0.3 is 5.32 Å². The molecule has 1 N–H and O–H groups in total. The third kappa shape index (κ3) is 3.33. The lowest BCUT2D eigenvalue weighted by molar-refractivity contribution is -0.117. The highest BCUT2D eigenvalue weighted by Gasteiger charge is 2.18. The summed E-state index contributed by atoms with van der Waals surface area (Å²) in [5.41, 5.74) is 0.991. The Labute approximate surface area is 142 Å². The molecule has 124 valence electrons. The number of aromatic nitrogens is 4. The molecule has 3 aromatic rings. The normalized spacial score (nSPS) is 11.6. The van der Waals surface area contributed by atoms with Crippen LogP contribution in [0.2, 0.25) is 0 Å². The molecular weight excluding hydrogens is 326 g/mol. The third-order valence-electron chi connectivity index (χ3n) is 3.44. The number of carbonyl (C=O) groups is 1. The van der Waals surface area contributed by atoms with Gasteiger partial charge in [0.05, 0.1) is 11.1 Å². The molecule has 1 amide bonds. The Bertz CT molecular complexity index is 955. The molecule has 0 aliphatic carbocycles. The standard InChI is InChI=1S/C16H17N5O2S/c1-16(2,3)12-9-24-15(17-12)18-13(22)8-21-14(23)10-6-4-5-7-11(10)19-20-21/h4-7,9H,8H2,1-3H3,(H,17,18,22). The molecule has 1 aromatic carbocycles. The van der Waals surface area contributed by atoms with Gasteiger partial charge in [0.1, 0.15) is 12.1 Å². The van der Waals surface area contributed by atoms with Gasteiger partial charge in [-0.25, -0.2) is 9.67 Å². The van der Waals surface area contributed by atoms with Crippen molar-refractivity contribution in [2.45, 2.75) is 32.7 Å². The van der Waals surface area contributed by atoms with Gasteiger partial charge in [0.15, 0.2) is 5.13 Å². The summed E-state index contributed by atoms with van der Waals surface area (Å²) in [4.78, 5) is 28.9. The molecule has 0 saturated heterocycles. The molecule has 0 aliphatic rings. The van der Waals surface area contributed by atoms with Crippen LogP contribution in [0.4, 0.5) is 5.13 Å². The predicted molar refractivity (Wildman–Crippen MR) is 93.2 cm³/mol. The molecule has 0 bridgehead atoms. The average molecular weight is 343 g/mol. The van der Waals surface area contributed by atoms with E-state index in [2.05, 4.69) is 41.4 Å². The maximum Gasteiger partial charge on any atom is 0.278 e. The van der Waals surface area contributed by atoms with Gasteiger partial charge in [-0.05, 0) is 12.1 Å². The Kier molecular flexibility index (Phi) is 4.15. The van der Waals surface area contributed by atoms with Crippen molar-refractivity contribution in [2.75, 3.05) is 5.32 Å². The second-order valence-electron chi connectivity index (χ2n) is 6.41. The summed E-state index contributed by atoms with van der Waals surface area (Å²) in [6, 6.07) is 6.90. The van der Waals surface area contributed by atoms with E-state index in [-0.39, 0.29) is 23.4 Å². The first-order valence-corrected chi connectivity index (χ1v) is 8.31. The van der Waals surface area contributed by atoms with E-state index in [1.807, 2.05) is 5.38 Å². The molecule has 0 saturated carbocycles. The first kappa shape index (κ1) is 16.3. The molecule has 8 heteroatoms. The number of fused-ring (bicyclic) bond motifs is 1. The monoisotopic (exact) mass is 343 g/mol. The minimum absolute atomic E-state index is 0.0831. The molecular formula is C16H17N5O2S. The lowest BCUT2D eigenvalue weighted by Gasteiger charge is -2.14. The summed E-state index contributed by atoms with van der Waals surface area (Å²) in [5.74, 6) is -0.364. The van der Waals surface area contributed by atoms with Crippen LogP contribution in [0, 0.1) is 0 Å². The van der Waals surface area contributed by atoms with Gasteiger partial charge >= 0.3 is 0 Å². The van der Waals surface area contributed by atoms with E-state index < -0.39 is 0 Å². The van der Waals surface area contributed by atoms with Crippen LogP contribution >= 0.6 is 11.3 Å². The van der Waals surface area contributed by atoms with Gasteiger partial charge in [0.2, 0.25) is 5.91 Å². The number of thiazole rings is 1. The molecule has 0 fully saturated rings. The van der Waals surface area contributed by atoms with Gasteiger partial charge in [0.25, 0.3) is 5.56 Å². The summed E-state index contributed by atoms with van der Waals surface area (Å²) in [7, 11) is 0. The fraction of sp³-hybridized carbons (Fsp3) is 0.312. The number of rotatable bonds is 3. The van der Waals surface area contributed by atoms with Crippen molar-refractivity contribution in [2.24, 2.45) is 0 Å². The Morgan fingerprint density at radius 3 is 2.75 bits per heavy atom. The molecule has 24 heavy (non-hydrogen) atoms. The van der Waals surface area contributed by atoms with E-state index in [4.69, 9.17) is 0 Å². The number of benzene rings is 1. The number of carbonyl (C=O) groups excluding carboxylic acids is 1. The molecule has 2 aromatic heterocycles. The summed E-state index contributed by atoms with van der Waals surface area (Å²) in [6.07, 6.45) is 0. The maximum absolute atomic E-state index is 12.3. The summed E-state index contributed by atoms with van der Waals surface area (Å²) in [5, 5.41) is 13.3. The van der Waals surface area contributed by atoms with Crippen molar-refractivity contribution in [3.05, 3.63) is 45.7 Å². The Morgan fingerprint density at radius 1 is 1.29 bits per heavy atom. The van der Waals surface area contributed by atoms with Crippen molar-refractivity contribution in [1.29, 1.82) is 0 Å². The first-order valence-electron chi connectivity index (χ1n) is 7.43. The van der Waals surface area contributed by atoms with Crippen molar-refractivity contribution in [3.63, 3.8) is 0 Å². The lowest BCUT2D eigenvalue weighted by Crippen LogP contribution is -2.30. The predicted octanol–water partition coefficient (Wildman–Crippen LogP) is 2.18. The average Bonchev–Trinajstić information content (AvgIpc) is 2.99. The van der Waals surface area contributed by atoms with Gasteiger partial charge in [-0.2, -0.15) is 0 Å². The van der Waals surface area contributed by atoms with Crippen LogP contribution < -0.4 is 10.9 Å². The zero-order valence-corrected chi connectivity index (χ0v) is 14.4. The number of amides is 1. The number of anilines is 1. The van der Waals surface area contributed by atoms with Gasteiger partial charge in [0, 0.05) is 10.8 Å². The Morgan fingerprint density at radius 2 is 2.04 bits per heavy atom. The molecule has 0 atom stereocenters. The van der Waals surface area contributed by atoms with Gasteiger partial charge in [-0.3, -0.25) is 9.59 Å². The number of nitrogens with one attached hydrogen (secondary N) is 1. The van der Waals surface area contributed by atoms with Crippen LogP contribution in [-0.2, 0) is 16.8 Å². The number of hydrogen-bond acceptors (Lipinski definition) is 6. The van der Waals surface area contributed by atoms with Crippen LogP contribution in [0.15, 0.2) is 34.4 Å². The summed E-state index contributed by atoms with van der Waals surface area (Å²) < 4.78 is 1.05. The highest BCUT2D eigenvalue weighted by molar-refractivity contribution is 7.13. The smallest absolute Gasteiger partial charge is 0.278 e. The van der Waals surface area contributed by atoms with Crippen LogP contribution in [0.25, 0.3) is 10.9 Å². The minimum atomic E-state index is -0.364. The summed E-state index contributed by atoms with van der Waals surface area (Å²) in [6.45, 7) is 5.95. The molecule has 0 unspecified atom stereocenters. The van der Waals surface area contributed by atoms with Crippen LogP contribution in [-0.4, -0.2) is 25.9 Å². The molecule has 0 radical (unpaired) electrons. The quantitative estimate of drug-likeness (QED) is 0.787. The van der Waals surface area contributed by atoms with E-state index in [9.17, 15) is 9.59 Å². The fourth-order valence-electron chi connectivity index (χ4n) is 2.10. The van der Waals surface area contributed by atoms with E-state index in [0.717, 1.165) is 10.4 Å². The third-order valence-corrected chi connectivity index (χ3v) is 4.20. The van der Waals surface area contributed by atoms with Gasteiger partial charge in [-0.1, -0.05) is 38.1 Å². The molecule has 0 spiro atoms. The topological polar surface area (TPSA) is 89.8 Å². The zero-order chi connectivity index (χ0) is 17.3. The van der Waals surface area contributed by atoms with Crippen LogP contribution in [0.1, 0.15) is 26.5 Å². The maximum atomic E-state index is 12.3. The second-order valence-corrected chi connectivity index (χ2v) is 7.26. The lowest BCUT2D eigenvalue weighted by atomic mass is 9.93. The van der Waals surface area contributed by atoms with E-state index in [0.29, 0.717) is 16.0 Å². The Hall–Kier alpha value is -2.61. The van der Waals surface area contributed by atoms with Crippen molar-refractivity contribution >= 4 is 33.3 Å². The fourth-order valence-corrected chi connectivity index (χ4v) is 3.05. The Balaban J connectivity index is 1.77. The second kappa shape index (κ2) is 6.12. The number of hydrogen-bond donors (Lipinski definition) is 1. The van der Waals surface area contributed by atoms with Crippen molar-refractivity contribution < 1.29 is 4.79 Å². The van der Waals surface area contributed by atoms with Crippen LogP contribution in [0.5, 0.6) is 0 Å². The molecule has 0 aliphatic heterocycles. The van der Waals surface area contributed by atoms with Crippen molar-refractivity contribution in [3.8, 4) is 0 Å². The van der Waals surface area contributed by atoms with Gasteiger partial charge in [-0.15, -0.1) is 16.4 Å². The van der Waals surface area contributed by atoms with Crippen molar-refractivity contribution in [1.82, 2.24) is 20.0 Å². The molecule has 7 nitrogen and oxygen atoms in total. The largest absolute Gasteiger partial charge is 0.300 e. The molecule has 2 heterocycles. The molecule has 3 rings (SSSR count). The number of nitrogens with zero attached hydrogens (tertiary/aromatic N) is 4. The van der Waals surface area contributed by atoms with E-state index in [1.54, 1.807) is 24.3 Å². The van der Waals surface area contributed by atoms with E-state index in [1.165, 1.54) is 11.3 Å². The highest BCUT2D eigenvalue weighted by Crippen LogP contribution is 2.26. The van der Waals surface area contributed by atoms with E-state index >= 15 is 0 Å². The highest BCUT2D eigenvalue weighted by atomic mass is 32.1. The summed E-state index contributed by atoms with van der Waals surface area (Å²) >= 11 is 1.36. The first-order chi connectivity index (χ1) is 11.3. The SMILES string of the molecule is CC(C)(C)c1csc(NC(=O)Cn2nnc3ccccc3c2=O)n1.